The van der Waals surface area contributed by atoms with Gasteiger partial charge in [-0.25, -0.2) is 0 Å². The van der Waals surface area contributed by atoms with Crippen LogP contribution in [0.1, 0.15) is 11.1 Å². The summed E-state index contributed by atoms with van der Waals surface area (Å²) in [6, 6.07) is 7.30. The molecular weight excluding hydrogens is 390 g/mol. The topological polar surface area (TPSA) is 129 Å². The second kappa shape index (κ2) is 8.57. The van der Waals surface area contributed by atoms with Gasteiger partial charge in [-0.1, -0.05) is 6.07 Å². The Hall–Kier alpha value is -3.34. The highest BCUT2D eigenvalue weighted by Crippen LogP contribution is 2.37. The van der Waals surface area contributed by atoms with Crippen LogP contribution in [-0.2, 0) is 10.0 Å². The molecule has 0 atom stereocenters. The van der Waals surface area contributed by atoms with Crippen molar-refractivity contribution < 1.29 is 27.6 Å². The Kier molecular flexibility index (Phi) is 6.41. The monoisotopic (exact) mass is 409 g/mol. The fraction of sp³-hybridized carbons (Fsp3) is 0.235. The molecule has 0 unspecified atom stereocenters. The Morgan fingerprint density at radius 2 is 1.75 bits per heavy atom. The van der Waals surface area contributed by atoms with Crippen molar-refractivity contribution in [3.8, 4) is 17.2 Å². The molecule has 0 radical (unpaired) electrons. The number of aryl methyl sites for hydroxylation is 1. The average Bonchev–Trinajstić information content (AvgIpc) is 2.66. The average molecular weight is 409 g/mol. The molecule has 0 spiro atoms. The van der Waals surface area contributed by atoms with Crippen LogP contribution in [0.25, 0.3) is 0 Å². The Balaban J connectivity index is 2.35. The van der Waals surface area contributed by atoms with Crippen LogP contribution in [0.15, 0.2) is 40.3 Å². The number of nitro benzene ring substituents is 1. The van der Waals surface area contributed by atoms with E-state index in [0.29, 0.717) is 0 Å². The molecule has 0 saturated heterocycles. The zero-order valence-electron chi connectivity index (χ0n) is 15.6. The van der Waals surface area contributed by atoms with Crippen molar-refractivity contribution >= 4 is 21.9 Å². The zero-order valence-corrected chi connectivity index (χ0v) is 16.4. The minimum Gasteiger partial charge on any atom is -0.495 e. The molecule has 2 rings (SSSR count). The van der Waals surface area contributed by atoms with Crippen molar-refractivity contribution in [2.45, 2.75) is 11.8 Å². The van der Waals surface area contributed by atoms with Gasteiger partial charge in [0.05, 0.1) is 32.5 Å². The van der Waals surface area contributed by atoms with E-state index in [9.17, 15) is 18.5 Å². The SMILES string of the molecule is COc1ccc(C)cc1S(=O)(=O)N/N=C/c1cc(OC)c(OC)c([N+](=O)[O-])c1. The van der Waals surface area contributed by atoms with Gasteiger partial charge in [-0.3, -0.25) is 10.1 Å². The molecule has 2 aromatic rings. The normalized spacial score (nSPS) is 11.3. The first-order valence-electron chi connectivity index (χ1n) is 7.83. The lowest BCUT2D eigenvalue weighted by molar-refractivity contribution is -0.385. The van der Waals surface area contributed by atoms with Gasteiger partial charge in [0.15, 0.2) is 5.75 Å². The predicted molar refractivity (Wildman–Crippen MR) is 102 cm³/mol. The molecule has 0 aliphatic rings. The molecule has 0 aliphatic carbocycles. The molecule has 0 aliphatic heterocycles. The van der Waals surface area contributed by atoms with Gasteiger partial charge < -0.3 is 14.2 Å². The predicted octanol–water partition coefficient (Wildman–Crippen LogP) is 2.24. The van der Waals surface area contributed by atoms with Crippen molar-refractivity contribution in [3.63, 3.8) is 0 Å². The van der Waals surface area contributed by atoms with Crippen LogP contribution in [0, 0.1) is 17.0 Å². The van der Waals surface area contributed by atoms with E-state index in [1.54, 1.807) is 13.0 Å². The maximum absolute atomic E-state index is 12.5. The summed E-state index contributed by atoms with van der Waals surface area (Å²) in [6.45, 7) is 1.74. The van der Waals surface area contributed by atoms with Crippen molar-refractivity contribution in [2.75, 3.05) is 21.3 Å². The van der Waals surface area contributed by atoms with Gasteiger partial charge >= 0.3 is 5.69 Å². The van der Waals surface area contributed by atoms with Crippen LogP contribution in [-0.4, -0.2) is 40.9 Å². The molecular formula is C17H19N3O7S. The molecule has 0 aromatic heterocycles. The zero-order chi connectivity index (χ0) is 20.9. The Morgan fingerprint density at radius 3 is 2.32 bits per heavy atom. The molecule has 28 heavy (non-hydrogen) atoms. The van der Waals surface area contributed by atoms with E-state index in [-0.39, 0.29) is 33.4 Å². The number of benzene rings is 2. The highest BCUT2D eigenvalue weighted by Gasteiger charge is 2.22. The number of nitro groups is 1. The number of sulfonamides is 1. The summed E-state index contributed by atoms with van der Waals surface area (Å²) in [6.07, 6.45) is 1.12. The number of nitrogens with zero attached hydrogens (tertiary/aromatic N) is 2. The molecule has 11 heteroatoms. The van der Waals surface area contributed by atoms with Crippen LogP contribution < -0.4 is 19.0 Å². The fourth-order valence-corrected chi connectivity index (χ4v) is 3.44. The van der Waals surface area contributed by atoms with Crippen LogP contribution in [0.5, 0.6) is 17.2 Å². The molecule has 2 aromatic carbocycles. The number of nitrogens with one attached hydrogen (secondary N) is 1. The Bertz CT molecular complexity index is 1020. The van der Waals surface area contributed by atoms with Crippen LogP contribution in [0.2, 0.25) is 0 Å². The number of rotatable bonds is 8. The molecule has 10 nitrogen and oxygen atoms in total. The minimum atomic E-state index is -4.01. The van der Waals surface area contributed by atoms with Crippen molar-refractivity contribution in [2.24, 2.45) is 5.10 Å². The van der Waals surface area contributed by atoms with E-state index in [1.165, 1.54) is 45.6 Å². The first-order valence-corrected chi connectivity index (χ1v) is 9.31. The smallest absolute Gasteiger partial charge is 0.315 e. The summed E-state index contributed by atoms with van der Waals surface area (Å²) >= 11 is 0. The van der Waals surface area contributed by atoms with Gasteiger partial charge in [-0.2, -0.15) is 18.4 Å². The quantitative estimate of drug-likeness (QED) is 0.402. The third kappa shape index (κ3) is 4.49. The summed E-state index contributed by atoms with van der Waals surface area (Å²) in [7, 11) is -0.0482. The van der Waals surface area contributed by atoms with Gasteiger partial charge in [-0.15, -0.1) is 0 Å². The van der Waals surface area contributed by atoms with Gasteiger partial charge in [0.1, 0.15) is 10.6 Å². The third-order valence-corrected chi connectivity index (χ3v) is 4.92. The van der Waals surface area contributed by atoms with Gasteiger partial charge in [0, 0.05) is 11.6 Å². The van der Waals surface area contributed by atoms with E-state index in [4.69, 9.17) is 14.2 Å². The molecule has 0 heterocycles. The second-order valence-corrected chi connectivity index (χ2v) is 7.17. The first kappa shape index (κ1) is 21.0. The Morgan fingerprint density at radius 1 is 1.07 bits per heavy atom. The first-order chi connectivity index (χ1) is 13.2. The highest BCUT2D eigenvalue weighted by molar-refractivity contribution is 7.89. The standard InChI is InChI=1S/C17H19N3O7S/c1-11-5-6-14(25-2)16(7-11)28(23,24)19-18-10-12-8-13(20(21)22)17(27-4)15(9-12)26-3/h5-10,19H,1-4H3/b18-10+. The van der Waals surface area contributed by atoms with E-state index >= 15 is 0 Å². The number of ether oxygens (including phenoxy) is 3. The molecule has 1 N–H and O–H groups in total. The van der Waals surface area contributed by atoms with E-state index in [0.717, 1.165) is 11.8 Å². The van der Waals surface area contributed by atoms with Crippen molar-refractivity contribution in [1.29, 1.82) is 0 Å². The molecule has 0 bridgehead atoms. The lowest BCUT2D eigenvalue weighted by atomic mass is 10.2. The highest BCUT2D eigenvalue weighted by atomic mass is 32.2. The van der Waals surface area contributed by atoms with Crippen LogP contribution in [0.4, 0.5) is 5.69 Å². The van der Waals surface area contributed by atoms with E-state index in [2.05, 4.69) is 9.93 Å². The van der Waals surface area contributed by atoms with Crippen molar-refractivity contribution in [1.82, 2.24) is 4.83 Å². The van der Waals surface area contributed by atoms with Crippen LogP contribution in [0.3, 0.4) is 0 Å². The van der Waals surface area contributed by atoms with Gasteiger partial charge in [-0.05, 0) is 30.7 Å². The maximum Gasteiger partial charge on any atom is 0.315 e. The summed E-state index contributed by atoms with van der Waals surface area (Å²) in [5, 5.41) is 14.9. The minimum absolute atomic E-state index is 0.0465. The van der Waals surface area contributed by atoms with Crippen molar-refractivity contribution in [3.05, 3.63) is 51.6 Å². The lowest BCUT2D eigenvalue weighted by Gasteiger charge is -2.10. The molecule has 0 saturated carbocycles. The van der Waals surface area contributed by atoms with Crippen LogP contribution >= 0.6 is 0 Å². The molecule has 0 fully saturated rings. The number of hydrogen-bond acceptors (Lipinski definition) is 8. The maximum atomic E-state index is 12.5. The summed E-state index contributed by atoms with van der Waals surface area (Å²) in [5.41, 5.74) is 0.621. The van der Waals surface area contributed by atoms with Gasteiger partial charge in [0.2, 0.25) is 5.75 Å². The van der Waals surface area contributed by atoms with E-state index in [1.807, 2.05) is 0 Å². The number of hydrogen-bond donors (Lipinski definition) is 1. The fourth-order valence-electron chi connectivity index (χ4n) is 2.39. The summed E-state index contributed by atoms with van der Waals surface area (Å²) in [5.74, 6) is 0.228. The lowest BCUT2D eigenvalue weighted by Crippen LogP contribution is -2.19. The number of hydrazone groups is 1. The summed E-state index contributed by atoms with van der Waals surface area (Å²) < 4.78 is 40.1. The molecule has 150 valence electrons. The largest absolute Gasteiger partial charge is 0.495 e. The summed E-state index contributed by atoms with van der Waals surface area (Å²) in [4.78, 5) is 12.6. The molecule has 0 amide bonds. The third-order valence-electron chi connectivity index (χ3n) is 3.67. The van der Waals surface area contributed by atoms with E-state index < -0.39 is 14.9 Å². The Labute approximate surface area is 161 Å². The second-order valence-electron chi connectivity index (χ2n) is 5.54. The van der Waals surface area contributed by atoms with Gasteiger partial charge in [0.25, 0.3) is 10.0 Å². The number of methoxy groups -OCH3 is 3.